The summed E-state index contributed by atoms with van der Waals surface area (Å²) in [5, 5.41) is 0.840. The average Bonchev–Trinajstić information content (AvgIpc) is 2.55. The van der Waals surface area contributed by atoms with E-state index < -0.39 is 11.9 Å². The second kappa shape index (κ2) is 8.35. The van der Waals surface area contributed by atoms with Gasteiger partial charge in [0.15, 0.2) is 6.61 Å². The van der Waals surface area contributed by atoms with E-state index in [1.165, 1.54) is 11.0 Å². The van der Waals surface area contributed by atoms with Gasteiger partial charge in [0.05, 0.1) is 12.3 Å². The smallest absolute Gasteiger partial charge is 0.310 e. The molecule has 1 aliphatic rings. The van der Waals surface area contributed by atoms with Crippen molar-refractivity contribution in [2.45, 2.75) is 19.3 Å². The Labute approximate surface area is 149 Å². The number of benzene rings is 1. The van der Waals surface area contributed by atoms with E-state index in [2.05, 4.69) is 0 Å². The highest BCUT2D eigenvalue weighted by atomic mass is 35.5. The highest BCUT2D eigenvalue weighted by Crippen LogP contribution is 2.21. The van der Waals surface area contributed by atoms with E-state index in [1.54, 1.807) is 12.1 Å². The molecular weight excluding hydrogens is 355 g/mol. The monoisotopic (exact) mass is 372 g/mol. The summed E-state index contributed by atoms with van der Waals surface area (Å²) in [5.74, 6) is -1.65. The number of carbonyl (C=O) groups excluding carboxylic acids is 3. The van der Waals surface area contributed by atoms with Gasteiger partial charge in [-0.15, -0.1) is 0 Å². The van der Waals surface area contributed by atoms with Crippen molar-refractivity contribution < 1.29 is 19.1 Å². The first-order chi connectivity index (χ1) is 11.4. The van der Waals surface area contributed by atoms with Crippen LogP contribution in [0, 0.1) is 5.92 Å². The summed E-state index contributed by atoms with van der Waals surface area (Å²) in [5.41, 5.74) is 5.85. The number of nitrogens with zero attached hydrogens (tertiary/aromatic N) is 1. The number of hydrogen-bond acceptors (Lipinski definition) is 4. The van der Waals surface area contributed by atoms with Crippen LogP contribution in [0.5, 0.6) is 0 Å². The molecule has 1 aromatic carbocycles. The molecule has 24 heavy (non-hydrogen) atoms. The molecule has 0 bridgehead atoms. The molecule has 0 aromatic heterocycles. The lowest BCUT2D eigenvalue weighted by Gasteiger charge is -2.31. The molecule has 2 N–H and O–H groups in total. The van der Waals surface area contributed by atoms with Crippen LogP contribution in [0.2, 0.25) is 10.0 Å². The van der Waals surface area contributed by atoms with Crippen LogP contribution in [-0.2, 0) is 25.5 Å². The predicted octanol–water partition coefficient (Wildman–Crippen LogP) is 1.80. The van der Waals surface area contributed by atoms with Crippen molar-refractivity contribution in [1.82, 2.24) is 4.90 Å². The van der Waals surface area contributed by atoms with Crippen LogP contribution >= 0.6 is 23.2 Å². The molecule has 0 saturated carbocycles. The number of hydrogen-bond donors (Lipinski definition) is 1. The van der Waals surface area contributed by atoms with Gasteiger partial charge in [0.2, 0.25) is 5.91 Å². The fourth-order valence-corrected chi connectivity index (χ4v) is 3.02. The van der Waals surface area contributed by atoms with Crippen molar-refractivity contribution in [1.29, 1.82) is 0 Å². The van der Waals surface area contributed by atoms with Gasteiger partial charge in [-0.25, -0.2) is 0 Å². The Morgan fingerprint density at radius 1 is 1.29 bits per heavy atom. The fraction of sp³-hybridized carbons (Fsp3) is 0.438. The summed E-state index contributed by atoms with van der Waals surface area (Å²) in [6, 6.07) is 4.79. The van der Waals surface area contributed by atoms with E-state index >= 15 is 0 Å². The quantitative estimate of drug-likeness (QED) is 0.797. The second-order valence-electron chi connectivity index (χ2n) is 5.65. The summed E-state index contributed by atoms with van der Waals surface area (Å²) in [4.78, 5) is 36.7. The van der Waals surface area contributed by atoms with Gasteiger partial charge < -0.3 is 15.4 Å². The van der Waals surface area contributed by atoms with Crippen LogP contribution in [0.15, 0.2) is 18.2 Å². The molecular formula is C16H18Cl2N2O4. The first kappa shape index (κ1) is 18.5. The third-order valence-electron chi connectivity index (χ3n) is 3.88. The molecule has 1 aromatic rings. The number of halogens is 2. The number of amides is 2. The van der Waals surface area contributed by atoms with Gasteiger partial charge in [-0.2, -0.15) is 0 Å². The maximum atomic E-state index is 12.1. The number of primary amides is 1. The topological polar surface area (TPSA) is 89.7 Å². The zero-order valence-electron chi connectivity index (χ0n) is 13.0. The van der Waals surface area contributed by atoms with E-state index in [0.717, 1.165) is 0 Å². The molecule has 0 aliphatic carbocycles. The number of likely N-dealkylation sites (tertiary alicyclic amines) is 1. The summed E-state index contributed by atoms with van der Waals surface area (Å²) in [6.45, 7) is 0.438. The van der Waals surface area contributed by atoms with E-state index in [-0.39, 0.29) is 31.4 Å². The van der Waals surface area contributed by atoms with Crippen molar-refractivity contribution in [3.63, 3.8) is 0 Å². The van der Waals surface area contributed by atoms with Crippen LogP contribution < -0.4 is 5.73 Å². The fourth-order valence-electron chi connectivity index (χ4n) is 2.54. The summed E-state index contributed by atoms with van der Waals surface area (Å²) >= 11 is 11.8. The van der Waals surface area contributed by atoms with Crippen LogP contribution in [-0.4, -0.2) is 42.4 Å². The van der Waals surface area contributed by atoms with Crippen LogP contribution in [0.25, 0.3) is 0 Å². The maximum absolute atomic E-state index is 12.1. The molecule has 1 atom stereocenters. The lowest BCUT2D eigenvalue weighted by atomic mass is 9.97. The Balaban J connectivity index is 1.82. The van der Waals surface area contributed by atoms with E-state index in [4.69, 9.17) is 33.7 Å². The summed E-state index contributed by atoms with van der Waals surface area (Å²) in [6.07, 6.45) is 1.33. The van der Waals surface area contributed by atoms with Crippen molar-refractivity contribution in [2.24, 2.45) is 11.7 Å². The van der Waals surface area contributed by atoms with Crippen molar-refractivity contribution in [3.05, 3.63) is 33.8 Å². The van der Waals surface area contributed by atoms with Gasteiger partial charge in [-0.05, 0) is 30.5 Å². The minimum atomic E-state index is -0.559. The van der Waals surface area contributed by atoms with Crippen molar-refractivity contribution in [3.8, 4) is 0 Å². The van der Waals surface area contributed by atoms with Crippen LogP contribution in [0.1, 0.15) is 18.4 Å². The third-order valence-corrected chi connectivity index (χ3v) is 4.47. The van der Waals surface area contributed by atoms with Crippen LogP contribution in [0.4, 0.5) is 0 Å². The molecule has 0 radical (unpaired) electrons. The Morgan fingerprint density at radius 2 is 2.04 bits per heavy atom. The number of esters is 1. The second-order valence-corrected chi connectivity index (χ2v) is 6.50. The Morgan fingerprint density at radius 3 is 2.71 bits per heavy atom. The predicted molar refractivity (Wildman–Crippen MR) is 89.6 cm³/mol. The molecule has 8 heteroatoms. The van der Waals surface area contributed by atoms with E-state index in [0.29, 0.717) is 35.0 Å². The number of ether oxygens (including phenoxy) is 1. The van der Waals surface area contributed by atoms with E-state index in [9.17, 15) is 14.4 Å². The number of carbonyl (C=O) groups is 3. The molecule has 0 unspecified atom stereocenters. The van der Waals surface area contributed by atoms with Gasteiger partial charge in [0.1, 0.15) is 0 Å². The van der Waals surface area contributed by atoms with Gasteiger partial charge in [0.25, 0.3) is 5.91 Å². The zero-order valence-corrected chi connectivity index (χ0v) is 14.5. The number of nitrogens with two attached hydrogens (primary N) is 1. The molecule has 1 heterocycles. The lowest BCUT2D eigenvalue weighted by Crippen LogP contribution is -2.45. The Kier molecular flexibility index (Phi) is 6.45. The maximum Gasteiger partial charge on any atom is 0.310 e. The van der Waals surface area contributed by atoms with Gasteiger partial charge >= 0.3 is 5.97 Å². The normalized spacial score (nSPS) is 17.4. The molecule has 1 saturated heterocycles. The lowest BCUT2D eigenvalue weighted by molar-refractivity contribution is -0.152. The van der Waals surface area contributed by atoms with Crippen molar-refractivity contribution >= 4 is 41.0 Å². The van der Waals surface area contributed by atoms with Crippen LogP contribution in [0.3, 0.4) is 0 Å². The molecule has 130 valence electrons. The van der Waals surface area contributed by atoms with Gasteiger partial charge in [-0.3, -0.25) is 14.4 Å². The standard InChI is InChI=1S/C16H18Cl2N2O4/c17-12-4-3-10(13(18)7-12)6-15(22)24-9-14(21)20-5-1-2-11(8-20)16(19)23/h3-4,7,11H,1-2,5-6,8-9H2,(H2,19,23)/t11-/m0/s1. The first-order valence-corrected chi connectivity index (χ1v) is 8.29. The van der Waals surface area contributed by atoms with Gasteiger partial charge in [-0.1, -0.05) is 29.3 Å². The Hall–Kier alpha value is -1.79. The summed E-state index contributed by atoms with van der Waals surface area (Å²) in [7, 11) is 0. The minimum absolute atomic E-state index is 0.0484. The van der Waals surface area contributed by atoms with Gasteiger partial charge in [0, 0.05) is 23.1 Å². The van der Waals surface area contributed by atoms with E-state index in [1.807, 2.05) is 0 Å². The first-order valence-electron chi connectivity index (χ1n) is 7.53. The molecule has 1 fully saturated rings. The average molecular weight is 373 g/mol. The molecule has 2 amide bonds. The highest BCUT2D eigenvalue weighted by molar-refractivity contribution is 6.35. The van der Waals surface area contributed by atoms with Crippen molar-refractivity contribution in [2.75, 3.05) is 19.7 Å². The number of piperidine rings is 1. The third kappa shape index (κ3) is 5.11. The molecule has 0 spiro atoms. The summed E-state index contributed by atoms with van der Waals surface area (Å²) < 4.78 is 5.00. The minimum Gasteiger partial charge on any atom is -0.455 e. The SMILES string of the molecule is NC(=O)[C@H]1CCCN(C(=O)COC(=O)Cc2ccc(Cl)cc2Cl)C1. The molecule has 6 nitrogen and oxygen atoms in total. The Bertz CT molecular complexity index is 651. The molecule has 2 rings (SSSR count). The highest BCUT2D eigenvalue weighted by Gasteiger charge is 2.27. The number of rotatable bonds is 5. The largest absolute Gasteiger partial charge is 0.455 e. The molecule has 1 aliphatic heterocycles. The zero-order chi connectivity index (χ0) is 17.7.